The van der Waals surface area contributed by atoms with Crippen molar-refractivity contribution in [2.24, 2.45) is 17.3 Å². The summed E-state index contributed by atoms with van der Waals surface area (Å²) in [5, 5.41) is 0. The number of likely N-dealkylation sites (tertiary alicyclic amines) is 2. The van der Waals surface area contributed by atoms with Crippen LogP contribution in [-0.2, 0) is 4.79 Å². The molecule has 23 heavy (non-hydrogen) atoms. The lowest BCUT2D eigenvalue weighted by Crippen LogP contribution is -2.67. The Kier molecular flexibility index (Phi) is 5.66. The van der Waals surface area contributed by atoms with E-state index < -0.39 is 0 Å². The highest BCUT2D eigenvalue weighted by Gasteiger charge is 2.53. The van der Waals surface area contributed by atoms with Crippen LogP contribution in [0.4, 0.5) is 0 Å². The largest absolute Gasteiger partial charge is 0.341 e. The number of amides is 1. The Labute approximate surface area is 142 Å². The summed E-state index contributed by atoms with van der Waals surface area (Å²) < 4.78 is 0. The van der Waals surface area contributed by atoms with Gasteiger partial charge in [-0.3, -0.25) is 4.79 Å². The maximum absolute atomic E-state index is 12.9. The van der Waals surface area contributed by atoms with E-state index in [9.17, 15) is 4.79 Å². The third-order valence-electron chi connectivity index (χ3n) is 6.76. The van der Waals surface area contributed by atoms with Crippen molar-refractivity contribution < 1.29 is 4.79 Å². The first-order valence-corrected chi connectivity index (χ1v) is 10.2. The Hall–Kier alpha value is -0.570. The molecule has 1 aliphatic carbocycles. The number of hydrogen-bond acceptors (Lipinski definition) is 2. The smallest absolute Gasteiger partial charge is 0.231 e. The van der Waals surface area contributed by atoms with Gasteiger partial charge in [0.2, 0.25) is 5.91 Å². The molecule has 132 valence electrons. The second kappa shape index (κ2) is 7.55. The van der Waals surface area contributed by atoms with E-state index in [2.05, 4.69) is 23.6 Å². The van der Waals surface area contributed by atoms with Gasteiger partial charge in [0.1, 0.15) is 0 Å². The molecule has 1 amide bonds. The summed E-state index contributed by atoms with van der Waals surface area (Å²) in [6, 6.07) is 0. The Balaban J connectivity index is 1.51. The number of piperidine rings is 1. The number of β-lactam (4-membered cyclic amide) rings is 1. The van der Waals surface area contributed by atoms with Gasteiger partial charge in [0.25, 0.3) is 0 Å². The molecule has 0 aromatic rings. The van der Waals surface area contributed by atoms with Crippen molar-refractivity contribution in [1.29, 1.82) is 0 Å². The molecule has 0 unspecified atom stereocenters. The third-order valence-corrected chi connectivity index (χ3v) is 6.76. The van der Waals surface area contributed by atoms with Gasteiger partial charge in [-0.15, -0.1) is 0 Å². The normalized spacial score (nSPS) is 30.2. The summed E-state index contributed by atoms with van der Waals surface area (Å²) in [5.74, 6) is 2.07. The SMILES string of the molecule is CCC(CC)CN1CCC[C@@]2(C1)CN(CC1CCCCC1)C2=O. The zero-order chi connectivity index (χ0) is 16.3. The first-order valence-electron chi connectivity index (χ1n) is 10.2. The predicted octanol–water partition coefficient (Wildman–Crippen LogP) is 3.93. The quantitative estimate of drug-likeness (QED) is 0.692. The van der Waals surface area contributed by atoms with Crippen molar-refractivity contribution in [3.8, 4) is 0 Å². The number of carbonyl (C=O) groups is 1. The molecule has 0 bridgehead atoms. The summed E-state index contributed by atoms with van der Waals surface area (Å²) in [6.07, 6.45) is 11.7. The van der Waals surface area contributed by atoms with Crippen LogP contribution in [0.5, 0.6) is 0 Å². The van der Waals surface area contributed by atoms with E-state index >= 15 is 0 Å². The molecule has 3 nitrogen and oxygen atoms in total. The van der Waals surface area contributed by atoms with Crippen LogP contribution in [0.1, 0.15) is 71.6 Å². The molecule has 3 fully saturated rings. The third kappa shape index (κ3) is 3.75. The molecule has 0 aromatic heterocycles. The second-order valence-electron chi connectivity index (χ2n) is 8.49. The van der Waals surface area contributed by atoms with Crippen LogP contribution in [0.15, 0.2) is 0 Å². The molecule has 0 radical (unpaired) electrons. The van der Waals surface area contributed by atoms with Crippen molar-refractivity contribution >= 4 is 5.91 Å². The zero-order valence-electron chi connectivity index (χ0n) is 15.4. The van der Waals surface area contributed by atoms with E-state index in [4.69, 9.17) is 0 Å². The van der Waals surface area contributed by atoms with Crippen molar-refractivity contribution in [3.63, 3.8) is 0 Å². The Morgan fingerprint density at radius 2 is 1.83 bits per heavy atom. The lowest BCUT2D eigenvalue weighted by molar-refractivity contribution is -0.167. The molecule has 2 saturated heterocycles. The minimum Gasteiger partial charge on any atom is -0.341 e. The summed E-state index contributed by atoms with van der Waals surface area (Å²) >= 11 is 0. The molecular formula is C20H36N2O. The van der Waals surface area contributed by atoms with E-state index in [1.165, 1.54) is 64.5 Å². The van der Waals surface area contributed by atoms with Gasteiger partial charge in [0.05, 0.1) is 5.41 Å². The molecule has 0 aromatic carbocycles. The van der Waals surface area contributed by atoms with Gasteiger partial charge >= 0.3 is 0 Å². The Bertz CT molecular complexity index is 400. The van der Waals surface area contributed by atoms with E-state index in [0.717, 1.165) is 37.9 Å². The van der Waals surface area contributed by atoms with Crippen LogP contribution < -0.4 is 0 Å². The Morgan fingerprint density at radius 3 is 2.48 bits per heavy atom. The molecule has 3 rings (SSSR count). The molecule has 1 atom stereocenters. The molecule has 1 saturated carbocycles. The van der Waals surface area contributed by atoms with Crippen LogP contribution in [0, 0.1) is 17.3 Å². The highest BCUT2D eigenvalue weighted by Crippen LogP contribution is 2.41. The van der Waals surface area contributed by atoms with Gasteiger partial charge in [-0.1, -0.05) is 46.0 Å². The minimum absolute atomic E-state index is 0.00104. The van der Waals surface area contributed by atoms with Gasteiger partial charge in [-0.25, -0.2) is 0 Å². The van der Waals surface area contributed by atoms with Crippen molar-refractivity contribution in [1.82, 2.24) is 9.80 Å². The maximum atomic E-state index is 12.9. The summed E-state index contributed by atoms with van der Waals surface area (Å²) in [7, 11) is 0. The number of rotatable bonds is 6. The molecule has 3 heteroatoms. The number of hydrogen-bond donors (Lipinski definition) is 0. The fourth-order valence-corrected chi connectivity index (χ4v) is 5.18. The molecule has 1 spiro atoms. The average molecular weight is 321 g/mol. The van der Waals surface area contributed by atoms with Gasteiger partial charge < -0.3 is 9.80 Å². The van der Waals surface area contributed by atoms with Crippen molar-refractivity contribution in [2.45, 2.75) is 71.6 Å². The highest BCUT2D eigenvalue weighted by molar-refractivity contribution is 5.89. The molecule has 0 N–H and O–H groups in total. The zero-order valence-corrected chi connectivity index (χ0v) is 15.4. The molecule has 2 aliphatic heterocycles. The lowest BCUT2D eigenvalue weighted by Gasteiger charge is -2.54. The van der Waals surface area contributed by atoms with Crippen LogP contribution >= 0.6 is 0 Å². The number of nitrogens with zero attached hydrogens (tertiary/aromatic N) is 2. The van der Waals surface area contributed by atoms with Crippen LogP contribution in [0.25, 0.3) is 0 Å². The summed E-state index contributed by atoms with van der Waals surface area (Å²) in [5.41, 5.74) is -0.00104. The van der Waals surface area contributed by atoms with Crippen LogP contribution in [-0.4, -0.2) is 48.4 Å². The Morgan fingerprint density at radius 1 is 1.09 bits per heavy atom. The fraction of sp³-hybridized carbons (Fsp3) is 0.950. The van der Waals surface area contributed by atoms with Gasteiger partial charge in [0, 0.05) is 26.2 Å². The topological polar surface area (TPSA) is 23.6 Å². The average Bonchev–Trinajstić information content (AvgIpc) is 2.60. The molecule has 2 heterocycles. The van der Waals surface area contributed by atoms with Crippen LogP contribution in [0.3, 0.4) is 0 Å². The van der Waals surface area contributed by atoms with Gasteiger partial charge in [-0.2, -0.15) is 0 Å². The first-order chi connectivity index (χ1) is 11.2. The first kappa shape index (κ1) is 17.3. The fourth-order valence-electron chi connectivity index (χ4n) is 5.18. The standard InChI is InChI=1S/C20H36N2O/c1-3-17(4-2)13-21-12-8-11-20(15-21)16-22(19(20)23)14-18-9-6-5-7-10-18/h17-18H,3-16H2,1-2H3/t20-/m1/s1. The van der Waals surface area contributed by atoms with Gasteiger partial charge in [-0.05, 0) is 44.1 Å². The van der Waals surface area contributed by atoms with E-state index in [1.807, 2.05) is 0 Å². The molecular weight excluding hydrogens is 284 g/mol. The number of carbonyl (C=O) groups excluding carboxylic acids is 1. The highest BCUT2D eigenvalue weighted by atomic mass is 16.2. The lowest BCUT2D eigenvalue weighted by atomic mass is 9.71. The maximum Gasteiger partial charge on any atom is 0.231 e. The van der Waals surface area contributed by atoms with Crippen LogP contribution in [0.2, 0.25) is 0 Å². The second-order valence-corrected chi connectivity index (χ2v) is 8.49. The van der Waals surface area contributed by atoms with E-state index in [1.54, 1.807) is 0 Å². The minimum atomic E-state index is -0.00104. The summed E-state index contributed by atoms with van der Waals surface area (Å²) in [6.45, 7) is 10.1. The predicted molar refractivity (Wildman–Crippen MR) is 95.3 cm³/mol. The van der Waals surface area contributed by atoms with Gasteiger partial charge in [0.15, 0.2) is 0 Å². The van der Waals surface area contributed by atoms with Crippen molar-refractivity contribution in [2.75, 3.05) is 32.7 Å². The van der Waals surface area contributed by atoms with Crippen molar-refractivity contribution in [3.05, 3.63) is 0 Å². The summed E-state index contributed by atoms with van der Waals surface area (Å²) in [4.78, 5) is 17.7. The van der Waals surface area contributed by atoms with E-state index in [0.29, 0.717) is 5.91 Å². The molecule has 3 aliphatic rings. The monoisotopic (exact) mass is 320 g/mol. The van der Waals surface area contributed by atoms with E-state index in [-0.39, 0.29) is 5.41 Å².